The zero-order valence-electron chi connectivity index (χ0n) is 7.99. The summed E-state index contributed by atoms with van der Waals surface area (Å²) in [5, 5.41) is 8.31. The number of aryl methyl sites for hydroxylation is 1. The largest absolute Gasteiger partial charge is 0.328 e. The van der Waals surface area contributed by atoms with Crippen molar-refractivity contribution >= 4 is 11.6 Å². The summed E-state index contributed by atoms with van der Waals surface area (Å²) in [5.74, 6) is 0. The summed E-state index contributed by atoms with van der Waals surface area (Å²) in [6.07, 6.45) is 3.20. The fourth-order valence-electron chi connectivity index (χ4n) is 1.14. The SMILES string of the molecule is N#CCCCCn1cc(Cl)c(=O)[nH]c1=O. The molecule has 0 radical (unpaired) electrons. The Bertz CT molecular complexity index is 483. The van der Waals surface area contributed by atoms with Crippen molar-refractivity contribution in [3.63, 3.8) is 0 Å². The molecule has 0 atom stereocenters. The van der Waals surface area contributed by atoms with Crippen LogP contribution in [-0.2, 0) is 6.54 Å². The third-order valence-corrected chi connectivity index (χ3v) is 2.17. The van der Waals surface area contributed by atoms with E-state index in [-0.39, 0.29) is 5.02 Å². The quantitative estimate of drug-likeness (QED) is 0.776. The van der Waals surface area contributed by atoms with Crippen molar-refractivity contribution in [3.8, 4) is 6.07 Å². The Kier molecular flexibility index (Phi) is 4.13. The summed E-state index contributed by atoms with van der Waals surface area (Å²) < 4.78 is 1.33. The molecular formula is C9H10ClN3O2. The molecule has 1 aromatic heterocycles. The van der Waals surface area contributed by atoms with Gasteiger partial charge in [0.15, 0.2) is 0 Å². The number of nitriles is 1. The number of aromatic amines is 1. The van der Waals surface area contributed by atoms with Crippen molar-refractivity contribution in [1.82, 2.24) is 9.55 Å². The minimum atomic E-state index is -0.574. The van der Waals surface area contributed by atoms with E-state index in [1.165, 1.54) is 10.8 Å². The Morgan fingerprint density at radius 3 is 2.87 bits per heavy atom. The first-order chi connectivity index (χ1) is 7.15. The van der Waals surface area contributed by atoms with Crippen molar-refractivity contribution < 1.29 is 0 Å². The van der Waals surface area contributed by atoms with E-state index < -0.39 is 11.2 Å². The van der Waals surface area contributed by atoms with Crippen LogP contribution in [0.5, 0.6) is 0 Å². The van der Waals surface area contributed by atoms with E-state index in [1.54, 1.807) is 0 Å². The van der Waals surface area contributed by atoms with Crippen LogP contribution in [0.3, 0.4) is 0 Å². The van der Waals surface area contributed by atoms with Crippen LogP contribution in [0.4, 0.5) is 0 Å². The fourth-order valence-corrected chi connectivity index (χ4v) is 1.30. The molecule has 0 saturated heterocycles. The molecule has 0 unspecified atom stereocenters. The fraction of sp³-hybridized carbons (Fsp3) is 0.444. The number of aromatic nitrogens is 2. The molecule has 0 fully saturated rings. The maximum atomic E-state index is 11.2. The lowest BCUT2D eigenvalue weighted by atomic mass is 10.2. The second-order valence-corrected chi connectivity index (χ2v) is 3.45. The summed E-state index contributed by atoms with van der Waals surface area (Å²) in [6, 6.07) is 2.02. The standard InChI is InChI=1S/C9H10ClN3O2/c10-7-6-13(5-3-1-2-4-11)9(15)12-8(7)14/h6H,1-3,5H2,(H,12,14,15). The molecule has 0 bridgehead atoms. The van der Waals surface area contributed by atoms with Gasteiger partial charge in [0, 0.05) is 19.2 Å². The topological polar surface area (TPSA) is 78.7 Å². The number of H-pyrrole nitrogens is 1. The minimum Gasteiger partial charge on any atom is -0.299 e. The number of rotatable bonds is 4. The molecular weight excluding hydrogens is 218 g/mol. The number of hydrogen-bond acceptors (Lipinski definition) is 3. The Labute approximate surface area is 90.9 Å². The summed E-state index contributed by atoms with van der Waals surface area (Å²) in [4.78, 5) is 24.3. The first kappa shape index (κ1) is 11.5. The molecule has 1 aromatic rings. The van der Waals surface area contributed by atoms with E-state index in [1.807, 2.05) is 6.07 Å². The number of hydrogen-bond donors (Lipinski definition) is 1. The van der Waals surface area contributed by atoms with Crippen LogP contribution in [0, 0.1) is 11.3 Å². The van der Waals surface area contributed by atoms with Gasteiger partial charge in [-0.2, -0.15) is 5.26 Å². The predicted molar refractivity (Wildman–Crippen MR) is 55.8 cm³/mol. The first-order valence-electron chi connectivity index (χ1n) is 4.51. The van der Waals surface area contributed by atoms with Crippen LogP contribution in [0.2, 0.25) is 5.02 Å². The Morgan fingerprint density at radius 1 is 1.47 bits per heavy atom. The van der Waals surface area contributed by atoms with Crippen molar-refractivity contribution in [2.24, 2.45) is 0 Å². The molecule has 5 nitrogen and oxygen atoms in total. The molecule has 0 aliphatic carbocycles. The first-order valence-corrected chi connectivity index (χ1v) is 4.89. The predicted octanol–water partition coefficient (Wildman–Crippen LogP) is 0.884. The van der Waals surface area contributed by atoms with E-state index in [0.29, 0.717) is 19.4 Å². The summed E-state index contributed by atoms with van der Waals surface area (Å²) in [5.41, 5.74) is -1.05. The van der Waals surface area contributed by atoms with Crippen molar-refractivity contribution in [3.05, 3.63) is 32.1 Å². The molecule has 0 saturated carbocycles. The number of nitrogens with one attached hydrogen (secondary N) is 1. The molecule has 1 N–H and O–H groups in total. The Balaban J connectivity index is 2.71. The second kappa shape index (κ2) is 5.37. The summed E-state index contributed by atoms with van der Waals surface area (Å²) >= 11 is 5.57. The highest BCUT2D eigenvalue weighted by atomic mass is 35.5. The van der Waals surface area contributed by atoms with Crippen LogP contribution in [0.15, 0.2) is 15.8 Å². The molecule has 15 heavy (non-hydrogen) atoms. The average molecular weight is 228 g/mol. The third kappa shape index (κ3) is 3.26. The lowest BCUT2D eigenvalue weighted by Gasteiger charge is -2.03. The highest BCUT2D eigenvalue weighted by Gasteiger charge is 2.01. The number of unbranched alkanes of at least 4 members (excludes halogenated alkanes) is 2. The molecule has 0 aliphatic rings. The molecule has 1 heterocycles. The van der Waals surface area contributed by atoms with Crippen LogP contribution in [0.1, 0.15) is 19.3 Å². The Hall–Kier alpha value is -1.54. The zero-order chi connectivity index (χ0) is 11.3. The molecule has 6 heteroatoms. The zero-order valence-corrected chi connectivity index (χ0v) is 8.75. The van der Waals surface area contributed by atoms with Gasteiger partial charge >= 0.3 is 5.69 Å². The van der Waals surface area contributed by atoms with Gasteiger partial charge in [0.05, 0.1) is 6.07 Å². The molecule has 80 valence electrons. The van der Waals surface area contributed by atoms with Gasteiger partial charge in [0.25, 0.3) is 5.56 Å². The van der Waals surface area contributed by atoms with Crippen LogP contribution in [-0.4, -0.2) is 9.55 Å². The van der Waals surface area contributed by atoms with Crippen LogP contribution < -0.4 is 11.2 Å². The number of halogens is 1. The monoisotopic (exact) mass is 227 g/mol. The molecule has 0 aliphatic heterocycles. The molecule has 0 spiro atoms. The van der Waals surface area contributed by atoms with Crippen molar-refractivity contribution in [2.75, 3.05) is 0 Å². The van der Waals surface area contributed by atoms with Gasteiger partial charge in [-0.15, -0.1) is 0 Å². The van der Waals surface area contributed by atoms with Gasteiger partial charge in [-0.3, -0.25) is 14.3 Å². The molecule has 0 amide bonds. The average Bonchev–Trinajstić information content (AvgIpc) is 2.20. The van der Waals surface area contributed by atoms with Gasteiger partial charge in [-0.05, 0) is 12.8 Å². The van der Waals surface area contributed by atoms with Crippen molar-refractivity contribution in [1.29, 1.82) is 5.26 Å². The van der Waals surface area contributed by atoms with Gasteiger partial charge in [0.2, 0.25) is 0 Å². The number of nitrogens with zero attached hydrogens (tertiary/aromatic N) is 2. The maximum Gasteiger partial charge on any atom is 0.328 e. The highest BCUT2D eigenvalue weighted by Crippen LogP contribution is 1.99. The Morgan fingerprint density at radius 2 is 2.20 bits per heavy atom. The van der Waals surface area contributed by atoms with E-state index in [9.17, 15) is 9.59 Å². The lowest BCUT2D eigenvalue weighted by Crippen LogP contribution is -2.29. The van der Waals surface area contributed by atoms with Gasteiger partial charge in [-0.1, -0.05) is 11.6 Å². The van der Waals surface area contributed by atoms with Crippen LogP contribution in [0.25, 0.3) is 0 Å². The smallest absolute Gasteiger partial charge is 0.299 e. The summed E-state index contributed by atoms with van der Waals surface area (Å²) in [7, 11) is 0. The molecule has 0 aromatic carbocycles. The minimum absolute atomic E-state index is 0.00474. The maximum absolute atomic E-state index is 11.2. The van der Waals surface area contributed by atoms with E-state index in [4.69, 9.17) is 16.9 Å². The van der Waals surface area contributed by atoms with E-state index in [2.05, 4.69) is 4.98 Å². The van der Waals surface area contributed by atoms with Gasteiger partial charge < -0.3 is 0 Å². The molecule has 1 rings (SSSR count). The van der Waals surface area contributed by atoms with Gasteiger partial charge in [0.1, 0.15) is 5.02 Å². The summed E-state index contributed by atoms with van der Waals surface area (Å²) in [6.45, 7) is 0.455. The highest BCUT2D eigenvalue weighted by molar-refractivity contribution is 6.30. The third-order valence-electron chi connectivity index (χ3n) is 1.91. The lowest BCUT2D eigenvalue weighted by molar-refractivity contribution is 0.585. The van der Waals surface area contributed by atoms with Crippen LogP contribution >= 0.6 is 11.6 Å². The van der Waals surface area contributed by atoms with Crippen molar-refractivity contribution in [2.45, 2.75) is 25.8 Å². The van der Waals surface area contributed by atoms with E-state index >= 15 is 0 Å². The second-order valence-electron chi connectivity index (χ2n) is 3.04. The van der Waals surface area contributed by atoms with Gasteiger partial charge in [-0.25, -0.2) is 4.79 Å². The normalized spacial score (nSPS) is 9.87. The van der Waals surface area contributed by atoms with E-state index in [0.717, 1.165) is 6.42 Å².